The summed E-state index contributed by atoms with van der Waals surface area (Å²) in [5.41, 5.74) is 1.18. The molecule has 1 aromatic carbocycles. The van der Waals surface area contributed by atoms with Crippen LogP contribution in [0.5, 0.6) is 0 Å². The fraction of sp³-hybridized carbons (Fsp3) is 0.588. The summed E-state index contributed by atoms with van der Waals surface area (Å²) in [6, 6.07) is 8.76. The highest BCUT2D eigenvalue weighted by Gasteiger charge is 2.27. The summed E-state index contributed by atoms with van der Waals surface area (Å²) in [6.07, 6.45) is 1.87. The normalized spacial score (nSPS) is 21.8. The van der Waals surface area contributed by atoms with Crippen LogP contribution < -0.4 is 10.6 Å². The summed E-state index contributed by atoms with van der Waals surface area (Å²) >= 11 is 3.46. The predicted octanol–water partition coefficient (Wildman–Crippen LogP) is 3.65. The molecule has 2 rings (SSSR count). The van der Waals surface area contributed by atoms with E-state index in [4.69, 9.17) is 0 Å². The Bertz CT molecular complexity index is 490. The average Bonchev–Trinajstić information content (AvgIpc) is 2.45. The van der Waals surface area contributed by atoms with Crippen LogP contribution in [0.15, 0.2) is 28.7 Å². The van der Waals surface area contributed by atoms with E-state index in [9.17, 15) is 4.79 Å². The van der Waals surface area contributed by atoms with Gasteiger partial charge in [0.2, 0.25) is 5.91 Å². The van der Waals surface area contributed by atoms with E-state index >= 15 is 0 Å². The van der Waals surface area contributed by atoms with Gasteiger partial charge >= 0.3 is 0 Å². The van der Waals surface area contributed by atoms with Crippen molar-refractivity contribution in [2.24, 2.45) is 5.92 Å². The Morgan fingerprint density at radius 3 is 2.59 bits per heavy atom. The van der Waals surface area contributed by atoms with Gasteiger partial charge in [-0.1, -0.05) is 41.9 Å². The topological polar surface area (TPSA) is 41.1 Å². The molecule has 0 aromatic heterocycles. The number of halogens is 2. The molecule has 0 unspecified atom stereocenters. The molecule has 3 nitrogen and oxygen atoms in total. The third kappa shape index (κ3) is 5.25. The standard InChI is InChI=1S/C17H25BrN2O.ClH/c1-12-10-13(8-9-19-12)16(21)20-11-17(2,3)14-4-6-15(18)7-5-14;/h4-7,12-13,19H,8-11H2,1-3H3,(H,20,21);1H/t12-,13-;/m0./s1. The van der Waals surface area contributed by atoms with E-state index in [1.165, 1.54) is 5.56 Å². The summed E-state index contributed by atoms with van der Waals surface area (Å²) in [5.74, 6) is 0.357. The van der Waals surface area contributed by atoms with Crippen molar-refractivity contribution in [1.82, 2.24) is 10.6 Å². The summed E-state index contributed by atoms with van der Waals surface area (Å²) in [4.78, 5) is 12.3. The second-order valence-electron chi connectivity index (χ2n) is 6.69. The van der Waals surface area contributed by atoms with Crippen molar-refractivity contribution in [2.75, 3.05) is 13.1 Å². The molecule has 0 radical (unpaired) electrons. The Hall–Kier alpha value is -0.580. The van der Waals surface area contributed by atoms with E-state index in [0.29, 0.717) is 12.6 Å². The zero-order chi connectivity index (χ0) is 15.5. The Morgan fingerprint density at radius 1 is 1.36 bits per heavy atom. The largest absolute Gasteiger partial charge is 0.355 e. The van der Waals surface area contributed by atoms with E-state index in [0.717, 1.165) is 23.9 Å². The lowest BCUT2D eigenvalue weighted by Crippen LogP contribution is -2.45. The van der Waals surface area contributed by atoms with Gasteiger partial charge in [0, 0.05) is 28.4 Å². The van der Waals surface area contributed by atoms with Crippen molar-refractivity contribution in [3.63, 3.8) is 0 Å². The van der Waals surface area contributed by atoms with Gasteiger partial charge in [0.15, 0.2) is 0 Å². The summed E-state index contributed by atoms with van der Waals surface area (Å²) < 4.78 is 1.08. The van der Waals surface area contributed by atoms with Crippen LogP contribution in [0.1, 0.15) is 39.2 Å². The third-order valence-corrected chi connectivity index (χ3v) is 4.85. The van der Waals surface area contributed by atoms with E-state index in [1.54, 1.807) is 0 Å². The highest BCUT2D eigenvalue weighted by molar-refractivity contribution is 9.10. The molecule has 1 aliphatic rings. The fourth-order valence-corrected chi connectivity index (χ4v) is 3.09. The van der Waals surface area contributed by atoms with Crippen molar-refractivity contribution >= 4 is 34.2 Å². The SMILES string of the molecule is C[C@H]1C[C@@H](C(=O)NCC(C)(C)c2ccc(Br)cc2)CCN1.Cl. The number of nitrogens with one attached hydrogen (secondary N) is 2. The molecule has 1 saturated heterocycles. The highest BCUT2D eigenvalue weighted by atomic mass is 79.9. The van der Waals surface area contributed by atoms with Gasteiger partial charge in [-0.05, 0) is 44.0 Å². The number of carbonyl (C=O) groups excluding carboxylic acids is 1. The number of piperidine rings is 1. The number of amides is 1. The lowest BCUT2D eigenvalue weighted by molar-refractivity contribution is -0.126. The molecular weight excluding hydrogens is 364 g/mol. The van der Waals surface area contributed by atoms with Crippen LogP contribution in [0.25, 0.3) is 0 Å². The van der Waals surface area contributed by atoms with Crippen molar-refractivity contribution in [1.29, 1.82) is 0 Å². The Balaban J connectivity index is 0.00000242. The van der Waals surface area contributed by atoms with Crippen molar-refractivity contribution in [2.45, 2.75) is 45.1 Å². The fourth-order valence-electron chi connectivity index (χ4n) is 2.83. The summed E-state index contributed by atoms with van der Waals surface area (Å²) in [6.45, 7) is 8.09. The Kier molecular flexibility index (Phi) is 7.36. The molecule has 1 aromatic rings. The van der Waals surface area contributed by atoms with Crippen molar-refractivity contribution < 1.29 is 4.79 Å². The summed E-state index contributed by atoms with van der Waals surface area (Å²) in [7, 11) is 0. The Labute approximate surface area is 148 Å². The minimum Gasteiger partial charge on any atom is -0.355 e. The molecule has 1 aliphatic heterocycles. The molecule has 124 valence electrons. The maximum Gasteiger partial charge on any atom is 0.223 e. The highest BCUT2D eigenvalue weighted by Crippen LogP contribution is 2.24. The van der Waals surface area contributed by atoms with E-state index < -0.39 is 0 Å². The molecule has 0 spiro atoms. The van der Waals surface area contributed by atoms with Crippen LogP contribution in [0.2, 0.25) is 0 Å². The molecule has 2 atom stereocenters. The zero-order valence-electron chi connectivity index (χ0n) is 13.5. The van der Waals surface area contributed by atoms with Gasteiger partial charge in [-0.2, -0.15) is 0 Å². The van der Waals surface area contributed by atoms with Crippen LogP contribution in [0.3, 0.4) is 0 Å². The molecule has 0 saturated carbocycles. The van der Waals surface area contributed by atoms with Crippen LogP contribution >= 0.6 is 28.3 Å². The van der Waals surface area contributed by atoms with Crippen molar-refractivity contribution in [3.05, 3.63) is 34.3 Å². The van der Waals surface area contributed by atoms with Crippen LogP contribution in [0.4, 0.5) is 0 Å². The lowest BCUT2D eigenvalue weighted by atomic mass is 9.84. The molecule has 0 aliphatic carbocycles. The molecule has 5 heteroatoms. The maximum absolute atomic E-state index is 12.3. The van der Waals surface area contributed by atoms with E-state index in [-0.39, 0.29) is 29.6 Å². The molecular formula is C17H26BrClN2O. The van der Waals surface area contributed by atoms with E-state index in [2.05, 4.69) is 59.5 Å². The van der Waals surface area contributed by atoms with E-state index in [1.807, 2.05) is 12.1 Å². The molecule has 1 fully saturated rings. The second-order valence-corrected chi connectivity index (χ2v) is 7.60. The van der Waals surface area contributed by atoms with Crippen LogP contribution in [0, 0.1) is 5.92 Å². The zero-order valence-corrected chi connectivity index (χ0v) is 15.9. The van der Waals surface area contributed by atoms with Crippen LogP contribution in [-0.4, -0.2) is 25.0 Å². The van der Waals surface area contributed by atoms with Gasteiger partial charge in [-0.25, -0.2) is 0 Å². The third-order valence-electron chi connectivity index (χ3n) is 4.32. The number of carbonyl (C=O) groups is 1. The Morgan fingerprint density at radius 2 is 2.00 bits per heavy atom. The van der Waals surface area contributed by atoms with Gasteiger partial charge < -0.3 is 10.6 Å². The molecule has 22 heavy (non-hydrogen) atoms. The number of hydrogen-bond donors (Lipinski definition) is 2. The van der Waals surface area contributed by atoms with Crippen LogP contribution in [-0.2, 0) is 10.2 Å². The first kappa shape index (κ1) is 19.5. The minimum atomic E-state index is -0.0606. The van der Waals surface area contributed by atoms with Crippen molar-refractivity contribution in [3.8, 4) is 0 Å². The average molecular weight is 390 g/mol. The second kappa shape index (κ2) is 8.32. The number of rotatable bonds is 4. The molecule has 2 N–H and O–H groups in total. The first-order valence-corrected chi connectivity index (χ1v) is 8.45. The number of hydrogen-bond acceptors (Lipinski definition) is 2. The minimum absolute atomic E-state index is 0. The quantitative estimate of drug-likeness (QED) is 0.825. The summed E-state index contributed by atoms with van der Waals surface area (Å²) in [5, 5.41) is 6.53. The van der Waals surface area contributed by atoms with Gasteiger partial charge in [0.25, 0.3) is 0 Å². The van der Waals surface area contributed by atoms with Gasteiger partial charge in [-0.3, -0.25) is 4.79 Å². The monoisotopic (exact) mass is 388 g/mol. The first-order chi connectivity index (χ1) is 9.88. The lowest BCUT2D eigenvalue weighted by Gasteiger charge is -2.30. The molecule has 0 bridgehead atoms. The van der Waals surface area contributed by atoms with Gasteiger partial charge in [0.05, 0.1) is 0 Å². The molecule has 1 amide bonds. The van der Waals surface area contributed by atoms with Gasteiger partial charge in [-0.15, -0.1) is 12.4 Å². The number of benzene rings is 1. The first-order valence-electron chi connectivity index (χ1n) is 7.65. The smallest absolute Gasteiger partial charge is 0.223 e. The maximum atomic E-state index is 12.3. The molecule has 1 heterocycles. The van der Waals surface area contributed by atoms with Gasteiger partial charge in [0.1, 0.15) is 0 Å². The predicted molar refractivity (Wildman–Crippen MR) is 97.6 cm³/mol.